The molecule has 3 heterocycles. The maximum absolute atomic E-state index is 13.0. The van der Waals surface area contributed by atoms with Gasteiger partial charge in [-0.1, -0.05) is 36.4 Å². The van der Waals surface area contributed by atoms with Crippen LogP contribution in [0.2, 0.25) is 0 Å². The van der Waals surface area contributed by atoms with Gasteiger partial charge in [0.25, 0.3) is 0 Å². The maximum atomic E-state index is 13.0. The number of rotatable bonds is 9. The molecule has 0 bridgehead atoms. The third kappa shape index (κ3) is 5.25. The Labute approximate surface area is 173 Å². The van der Waals surface area contributed by atoms with Gasteiger partial charge in [0, 0.05) is 4.88 Å². The number of benzene rings is 1. The van der Waals surface area contributed by atoms with Crippen molar-refractivity contribution in [2.75, 3.05) is 6.54 Å². The molecule has 1 amide bonds. The molecule has 1 aromatic carbocycles. The molecule has 5 nitrogen and oxygen atoms in total. The van der Waals surface area contributed by atoms with Crippen LogP contribution in [-0.2, 0) is 17.9 Å². The van der Waals surface area contributed by atoms with E-state index in [-0.39, 0.29) is 18.5 Å². The van der Waals surface area contributed by atoms with Gasteiger partial charge in [-0.15, -0.1) is 11.3 Å². The van der Waals surface area contributed by atoms with Gasteiger partial charge in [0.15, 0.2) is 0 Å². The van der Waals surface area contributed by atoms with Gasteiger partial charge in [-0.3, -0.25) is 9.69 Å². The van der Waals surface area contributed by atoms with Gasteiger partial charge in [-0.25, -0.2) is 0 Å². The summed E-state index contributed by atoms with van der Waals surface area (Å²) in [5, 5.41) is 5.22. The maximum Gasteiger partial charge on any atom is 0.234 e. The molecule has 4 aromatic rings. The molecule has 148 valence electrons. The third-order valence-corrected chi connectivity index (χ3v) is 5.49. The Morgan fingerprint density at radius 1 is 0.897 bits per heavy atom. The second kappa shape index (κ2) is 9.41. The number of furan rings is 2. The van der Waals surface area contributed by atoms with Crippen molar-refractivity contribution in [1.29, 1.82) is 0 Å². The van der Waals surface area contributed by atoms with E-state index in [1.165, 1.54) is 0 Å². The van der Waals surface area contributed by atoms with Crippen LogP contribution in [0.15, 0.2) is 93.5 Å². The van der Waals surface area contributed by atoms with Crippen molar-refractivity contribution in [3.05, 3.63) is 107 Å². The number of nitrogens with zero attached hydrogens (tertiary/aromatic N) is 1. The van der Waals surface area contributed by atoms with Crippen LogP contribution >= 0.6 is 11.3 Å². The molecule has 0 spiro atoms. The molecular weight excluding hydrogens is 384 g/mol. The Hall–Kier alpha value is -3.09. The Bertz CT molecular complexity index is 944. The summed E-state index contributed by atoms with van der Waals surface area (Å²) in [5.74, 6) is 1.56. The smallest absolute Gasteiger partial charge is 0.234 e. The largest absolute Gasteiger partial charge is 0.468 e. The molecule has 0 aliphatic heterocycles. The summed E-state index contributed by atoms with van der Waals surface area (Å²) in [7, 11) is 0. The third-order valence-electron chi connectivity index (χ3n) is 4.55. The van der Waals surface area contributed by atoms with Crippen LogP contribution < -0.4 is 5.32 Å². The molecule has 1 atom stereocenters. The van der Waals surface area contributed by atoms with Crippen LogP contribution in [0.25, 0.3) is 0 Å². The minimum atomic E-state index is -0.169. The Balaban J connectivity index is 1.48. The van der Waals surface area contributed by atoms with Crippen LogP contribution in [0.4, 0.5) is 0 Å². The van der Waals surface area contributed by atoms with Gasteiger partial charge in [-0.2, -0.15) is 0 Å². The Morgan fingerprint density at radius 2 is 1.59 bits per heavy atom. The second-order valence-electron chi connectivity index (χ2n) is 6.73. The minimum absolute atomic E-state index is 0.0506. The normalized spacial score (nSPS) is 12.2. The Morgan fingerprint density at radius 3 is 2.14 bits per heavy atom. The van der Waals surface area contributed by atoms with Crippen LogP contribution in [0.3, 0.4) is 0 Å². The van der Waals surface area contributed by atoms with Crippen molar-refractivity contribution in [2.24, 2.45) is 0 Å². The van der Waals surface area contributed by atoms with E-state index in [2.05, 4.69) is 5.32 Å². The first-order chi connectivity index (χ1) is 14.3. The summed E-state index contributed by atoms with van der Waals surface area (Å²) < 4.78 is 10.9. The number of carbonyl (C=O) groups is 1. The molecular formula is C23H22N2O3S. The van der Waals surface area contributed by atoms with Crippen LogP contribution in [0.1, 0.15) is 28.0 Å². The molecule has 6 heteroatoms. The van der Waals surface area contributed by atoms with E-state index >= 15 is 0 Å². The monoisotopic (exact) mass is 406 g/mol. The average molecular weight is 407 g/mol. The van der Waals surface area contributed by atoms with Gasteiger partial charge >= 0.3 is 0 Å². The highest BCUT2D eigenvalue weighted by molar-refractivity contribution is 7.10. The summed E-state index contributed by atoms with van der Waals surface area (Å²) in [4.78, 5) is 16.1. The molecule has 0 unspecified atom stereocenters. The van der Waals surface area contributed by atoms with E-state index in [0.29, 0.717) is 13.1 Å². The molecule has 29 heavy (non-hydrogen) atoms. The highest BCUT2D eigenvalue weighted by atomic mass is 32.1. The number of nitrogens with one attached hydrogen (secondary N) is 1. The van der Waals surface area contributed by atoms with Crippen LogP contribution in [0.5, 0.6) is 0 Å². The fraction of sp³-hybridized carbons (Fsp3) is 0.174. The first-order valence-electron chi connectivity index (χ1n) is 9.43. The predicted molar refractivity (Wildman–Crippen MR) is 112 cm³/mol. The van der Waals surface area contributed by atoms with Crippen molar-refractivity contribution in [2.45, 2.75) is 19.1 Å². The number of hydrogen-bond acceptors (Lipinski definition) is 5. The SMILES string of the molecule is O=C(CN(Cc1ccco1)Cc1ccco1)N[C@@H](c1ccccc1)c1cccs1. The first kappa shape index (κ1) is 19.2. The molecule has 1 N–H and O–H groups in total. The van der Waals surface area contributed by atoms with Crippen molar-refractivity contribution in [1.82, 2.24) is 10.2 Å². The van der Waals surface area contributed by atoms with E-state index in [1.807, 2.05) is 77.0 Å². The zero-order valence-corrected chi connectivity index (χ0v) is 16.7. The van der Waals surface area contributed by atoms with E-state index in [1.54, 1.807) is 23.9 Å². The lowest BCUT2D eigenvalue weighted by Crippen LogP contribution is -2.38. The minimum Gasteiger partial charge on any atom is -0.468 e. The lowest BCUT2D eigenvalue weighted by atomic mass is 10.1. The lowest BCUT2D eigenvalue weighted by Gasteiger charge is -2.23. The van der Waals surface area contributed by atoms with Gasteiger partial charge in [-0.05, 0) is 41.3 Å². The molecule has 0 saturated heterocycles. The standard InChI is InChI=1S/C23H22N2O3S/c26-22(24-23(21-11-6-14-29-21)18-7-2-1-3-8-18)17-25(15-19-9-4-12-27-19)16-20-10-5-13-28-20/h1-14,23H,15-17H2,(H,24,26)/t23-/m0/s1. The van der Waals surface area contributed by atoms with E-state index < -0.39 is 0 Å². The summed E-state index contributed by atoms with van der Waals surface area (Å²) in [6.07, 6.45) is 3.28. The second-order valence-corrected chi connectivity index (χ2v) is 7.71. The number of amides is 1. The summed E-state index contributed by atoms with van der Waals surface area (Å²) >= 11 is 1.64. The van der Waals surface area contributed by atoms with Gasteiger partial charge in [0.2, 0.25) is 5.91 Å². The van der Waals surface area contributed by atoms with Crippen molar-refractivity contribution in [3.8, 4) is 0 Å². The first-order valence-corrected chi connectivity index (χ1v) is 10.3. The fourth-order valence-electron chi connectivity index (χ4n) is 3.24. The van der Waals surface area contributed by atoms with Crippen molar-refractivity contribution >= 4 is 17.2 Å². The zero-order valence-electron chi connectivity index (χ0n) is 15.9. The van der Waals surface area contributed by atoms with Gasteiger partial charge < -0.3 is 14.2 Å². The molecule has 0 saturated carbocycles. The zero-order chi connectivity index (χ0) is 19.9. The molecule has 0 radical (unpaired) electrons. The average Bonchev–Trinajstić information content (AvgIpc) is 3.50. The molecule has 0 fully saturated rings. The lowest BCUT2D eigenvalue weighted by molar-refractivity contribution is -0.123. The number of thiophene rings is 1. The summed E-state index contributed by atoms with van der Waals surface area (Å²) in [5.41, 5.74) is 1.06. The molecule has 0 aliphatic rings. The fourth-order valence-corrected chi connectivity index (χ4v) is 4.05. The number of carbonyl (C=O) groups excluding carboxylic acids is 1. The number of hydrogen-bond donors (Lipinski definition) is 1. The van der Waals surface area contributed by atoms with E-state index in [9.17, 15) is 4.79 Å². The molecule has 3 aromatic heterocycles. The predicted octanol–water partition coefficient (Wildman–Crippen LogP) is 4.84. The van der Waals surface area contributed by atoms with E-state index in [0.717, 1.165) is 22.0 Å². The highest BCUT2D eigenvalue weighted by Gasteiger charge is 2.20. The van der Waals surface area contributed by atoms with Gasteiger partial charge in [0.1, 0.15) is 11.5 Å². The summed E-state index contributed by atoms with van der Waals surface area (Å²) in [6.45, 7) is 1.28. The quantitative estimate of drug-likeness (QED) is 0.432. The topological polar surface area (TPSA) is 58.6 Å². The molecule has 0 aliphatic carbocycles. The summed E-state index contributed by atoms with van der Waals surface area (Å²) in [6, 6.07) is 21.4. The van der Waals surface area contributed by atoms with Gasteiger partial charge in [0.05, 0.1) is 38.2 Å². The van der Waals surface area contributed by atoms with E-state index in [4.69, 9.17) is 8.83 Å². The van der Waals surface area contributed by atoms with Crippen molar-refractivity contribution < 1.29 is 13.6 Å². The van der Waals surface area contributed by atoms with Crippen molar-refractivity contribution in [3.63, 3.8) is 0 Å². The Kier molecular flexibility index (Phi) is 6.24. The van der Waals surface area contributed by atoms with Crippen LogP contribution in [-0.4, -0.2) is 17.4 Å². The van der Waals surface area contributed by atoms with Crippen LogP contribution in [0, 0.1) is 0 Å². The highest BCUT2D eigenvalue weighted by Crippen LogP contribution is 2.26. The molecule has 4 rings (SSSR count).